The minimum atomic E-state index is -0.996. The van der Waals surface area contributed by atoms with Gasteiger partial charge in [-0.05, 0) is 59.5 Å². The summed E-state index contributed by atoms with van der Waals surface area (Å²) in [5, 5.41) is 3.28. The molecule has 1 saturated heterocycles. The Morgan fingerprint density at radius 2 is 1.48 bits per heavy atom. The third kappa shape index (κ3) is 3.20. The van der Waals surface area contributed by atoms with Crippen LogP contribution in [0.5, 0.6) is 5.75 Å². The predicted molar refractivity (Wildman–Crippen MR) is 153 cm³/mol. The number of anilines is 2. The fourth-order valence-electron chi connectivity index (χ4n) is 7.17. The Hall–Kier alpha value is -4.42. The summed E-state index contributed by atoms with van der Waals surface area (Å²) in [5.74, 6) is -1.72. The van der Waals surface area contributed by atoms with Crippen LogP contribution in [-0.4, -0.2) is 24.8 Å². The molecule has 0 saturated carbocycles. The first-order valence-electron chi connectivity index (χ1n) is 13.2. The highest BCUT2D eigenvalue weighted by atomic mass is 35.5. The Morgan fingerprint density at radius 3 is 2.12 bits per heavy atom. The smallest absolute Gasteiger partial charge is 0.257 e. The van der Waals surface area contributed by atoms with Crippen LogP contribution in [0, 0.1) is 11.3 Å². The third-order valence-corrected chi connectivity index (χ3v) is 9.05. The van der Waals surface area contributed by atoms with Gasteiger partial charge in [-0.1, -0.05) is 72.3 Å². The van der Waals surface area contributed by atoms with Crippen LogP contribution >= 0.6 is 11.6 Å². The molecule has 8 rings (SSSR count). The van der Waals surface area contributed by atoms with Gasteiger partial charge in [0.15, 0.2) is 0 Å². The second-order valence-electron chi connectivity index (χ2n) is 10.7. The first-order chi connectivity index (χ1) is 19.4. The summed E-state index contributed by atoms with van der Waals surface area (Å²) in [6.45, 7) is 1.92. The van der Waals surface area contributed by atoms with Gasteiger partial charge in [0.05, 0.1) is 35.4 Å². The standard InChI is InChI=1S/C33H25ClN2O4/c1-33-28-21-11-5-3-9-19(21)27(20-10-4-6-12-22(20)28)29(33)31(38)36(32(33)39)25-14-8-7-13-23(25)30(37)35-24-17-18(34)15-16-26(24)40-2/h3-17,27-29H,1-2H3,(H,35,37)/t27?,28?,29-,33-/m1/s1. The lowest BCUT2D eigenvalue weighted by Gasteiger charge is -2.51. The van der Waals surface area contributed by atoms with Crippen molar-refractivity contribution in [2.24, 2.45) is 11.3 Å². The van der Waals surface area contributed by atoms with Crippen LogP contribution in [0.25, 0.3) is 0 Å². The lowest BCUT2D eigenvalue weighted by molar-refractivity contribution is -0.128. The van der Waals surface area contributed by atoms with Crippen molar-refractivity contribution in [1.29, 1.82) is 0 Å². The van der Waals surface area contributed by atoms with Crippen molar-refractivity contribution in [2.75, 3.05) is 17.3 Å². The van der Waals surface area contributed by atoms with Gasteiger partial charge in [0, 0.05) is 16.9 Å². The number of nitrogens with zero attached hydrogens (tertiary/aromatic N) is 1. The Labute approximate surface area is 236 Å². The van der Waals surface area contributed by atoms with Crippen molar-refractivity contribution >= 4 is 40.7 Å². The molecule has 4 aromatic rings. The van der Waals surface area contributed by atoms with E-state index in [1.165, 1.54) is 12.0 Å². The molecule has 1 N–H and O–H groups in total. The number of rotatable bonds is 4. The van der Waals surface area contributed by atoms with Gasteiger partial charge in [-0.15, -0.1) is 0 Å². The number of amides is 3. The molecule has 7 heteroatoms. The molecule has 4 aliphatic rings. The lowest BCUT2D eigenvalue weighted by Crippen LogP contribution is -2.49. The summed E-state index contributed by atoms with van der Waals surface area (Å²) in [6.07, 6.45) is 0. The van der Waals surface area contributed by atoms with Crippen LogP contribution in [0.3, 0.4) is 0 Å². The average molecular weight is 549 g/mol. The second-order valence-corrected chi connectivity index (χ2v) is 11.2. The molecular formula is C33H25ClN2O4. The number of benzene rings is 4. The molecule has 1 heterocycles. The molecule has 0 aromatic heterocycles. The Balaban J connectivity index is 1.34. The normalized spacial score (nSPS) is 23.9. The average Bonchev–Trinajstić information content (AvgIpc) is 3.18. The molecule has 2 bridgehead atoms. The van der Waals surface area contributed by atoms with Gasteiger partial charge in [0.25, 0.3) is 5.91 Å². The second kappa shape index (κ2) is 8.80. The molecule has 1 aliphatic heterocycles. The monoisotopic (exact) mass is 548 g/mol. The molecule has 6 nitrogen and oxygen atoms in total. The fourth-order valence-corrected chi connectivity index (χ4v) is 7.34. The molecule has 3 aliphatic carbocycles. The van der Waals surface area contributed by atoms with Gasteiger partial charge < -0.3 is 10.1 Å². The number of carbonyl (C=O) groups is 3. The number of carbonyl (C=O) groups excluding carboxylic acids is 3. The van der Waals surface area contributed by atoms with E-state index in [2.05, 4.69) is 29.6 Å². The number of halogens is 1. The Morgan fingerprint density at radius 1 is 0.875 bits per heavy atom. The molecule has 40 heavy (non-hydrogen) atoms. The maximum atomic E-state index is 14.5. The molecule has 0 spiro atoms. The molecule has 0 radical (unpaired) electrons. The summed E-state index contributed by atoms with van der Waals surface area (Å²) in [5.41, 5.74) is 4.23. The molecule has 1 fully saturated rings. The molecule has 4 aromatic carbocycles. The van der Waals surface area contributed by atoms with E-state index in [0.29, 0.717) is 16.5 Å². The SMILES string of the molecule is COc1ccc(Cl)cc1NC(=O)c1ccccc1N1C(=O)[C@H]2C3c4ccccc4C(c4ccccc43)[C@@]2(C)C1=O. The predicted octanol–water partition coefficient (Wildman–Crippen LogP) is 6.39. The molecule has 3 amide bonds. The van der Waals surface area contributed by atoms with E-state index < -0.39 is 17.2 Å². The van der Waals surface area contributed by atoms with Crippen LogP contribution in [0.1, 0.15) is 51.4 Å². The maximum Gasteiger partial charge on any atom is 0.257 e. The van der Waals surface area contributed by atoms with E-state index in [1.807, 2.05) is 31.2 Å². The van der Waals surface area contributed by atoms with Crippen LogP contribution in [0.4, 0.5) is 11.4 Å². The van der Waals surface area contributed by atoms with Crippen LogP contribution in [0.2, 0.25) is 5.02 Å². The van der Waals surface area contributed by atoms with Gasteiger partial charge in [-0.25, -0.2) is 4.90 Å². The van der Waals surface area contributed by atoms with Crippen molar-refractivity contribution in [3.8, 4) is 5.75 Å². The van der Waals surface area contributed by atoms with Gasteiger partial charge in [-0.3, -0.25) is 14.4 Å². The largest absolute Gasteiger partial charge is 0.495 e. The lowest BCUT2D eigenvalue weighted by atomic mass is 9.48. The zero-order valence-corrected chi connectivity index (χ0v) is 22.6. The summed E-state index contributed by atoms with van der Waals surface area (Å²) in [6, 6.07) is 27.9. The minimum Gasteiger partial charge on any atom is -0.495 e. The molecule has 2 atom stereocenters. The van der Waals surface area contributed by atoms with Crippen molar-refractivity contribution in [3.05, 3.63) is 124 Å². The van der Waals surface area contributed by atoms with E-state index >= 15 is 0 Å². The fraction of sp³-hybridized carbons (Fsp3) is 0.182. The summed E-state index contributed by atoms with van der Waals surface area (Å²) >= 11 is 6.17. The molecular weight excluding hydrogens is 524 g/mol. The topological polar surface area (TPSA) is 75.7 Å². The number of methoxy groups -OCH3 is 1. The Kier molecular flexibility index (Phi) is 5.41. The number of imide groups is 1. The van der Waals surface area contributed by atoms with Crippen LogP contribution in [0.15, 0.2) is 91.0 Å². The van der Waals surface area contributed by atoms with E-state index in [4.69, 9.17) is 16.3 Å². The quantitative estimate of drug-likeness (QED) is 0.300. The number of hydrogen-bond donors (Lipinski definition) is 1. The van der Waals surface area contributed by atoms with Crippen molar-refractivity contribution in [3.63, 3.8) is 0 Å². The van der Waals surface area contributed by atoms with Crippen LogP contribution < -0.4 is 15.0 Å². The highest BCUT2D eigenvalue weighted by Gasteiger charge is 2.69. The summed E-state index contributed by atoms with van der Waals surface area (Å²) in [4.78, 5) is 43.7. The number of para-hydroxylation sites is 1. The van der Waals surface area contributed by atoms with Crippen molar-refractivity contribution in [1.82, 2.24) is 0 Å². The number of hydrogen-bond acceptors (Lipinski definition) is 4. The van der Waals surface area contributed by atoms with E-state index in [1.54, 1.807) is 42.5 Å². The Bertz CT molecular complexity index is 1700. The summed E-state index contributed by atoms with van der Waals surface area (Å²) < 4.78 is 5.38. The first kappa shape index (κ1) is 24.6. The summed E-state index contributed by atoms with van der Waals surface area (Å²) in [7, 11) is 1.50. The highest BCUT2D eigenvalue weighted by Crippen LogP contribution is 2.67. The van der Waals surface area contributed by atoms with Gasteiger partial charge in [0.1, 0.15) is 5.75 Å². The van der Waals surface area contributed by atoms with Gasteiger partial charge in [-0.2, -0.15) is 0 Å². The molecule has 198 valence electrons. The number of ether oxygens (including phenoxy) is 1. The molecule has 0 unspecified atom stereocenters. The van der Waals surface area contributed by atoms with Crippen LogP contribution in [-0.2, 0) is 9.59 Å². The zero-order valence-electron chi connectivity index (χ0n) is 21.9. The van der Waals surface area contributed by atoms with Crippen molar-refractivity contribution < 1.29 is 19.1 Å². The van der Waals surface area contributed by atoms with Gasteiger partial charge in [0.2, 0.25) is 11.8 Å². The zero-order chi connectivity index (χ0) is 27.8. The number of nitrogens with one attached hydrogen (secondary N) is 1. The first-order valence-corrected chi connectivity index (χ1v) is 13.5. The van der Waals surface area contributed by atoms with E-state index in [0.717, 1.165) is 22.3 Å². The maximum absolute atomic E-state index is 14.5. The van der Waals surface area contributed by atoms with Crippen molar-refractivity contribution in [2.45, 2.75) is 18.8 Å². The highest BCUT2D eigenvalue weighted by molar-refractivity contribution is 6.31. The van der Waals surface area contributed by atoms with Gasteiger partial charge >= 0.3 is 0 Å². The van der Waals surface area contributed by atoms with E-state index in [-0.39, 0.29) is 34.9 Å². The third-order valence-electron chi connectivity index (χ3n) is 8.81. The minimum absolute atomic E-state index is 0.204. The van der Waals surface area contributed by atoms with E-state index in [9.17, 15) is 14.4 Å².